The van der Waals surface area contributed by atoms with Crippen LogP contribution in [0.15, 0.2) is 60.7 Å². The number of piperazine rings is 1. The Morgan fingerprint density at radius 3 is 2.00 bits per heavy atom. The smallest absolute Gasteiger partial charge is 0.239 e. The SMILES string of the molecule is N[C@H](Cc1ccccc1)C(=O)N1CCN(Cc2ccccc2)CC1. The van der Waals surface area contributed by atoms with Gasteiger partial charge in [-0.3, -0.25) is 9.69 Å². The maximum absolute atomic E-state index is 12.5. The Bertz CT molecular complexity index is 636. The van der Waals surface area contributed by atoms with Crippen molar-refractivity contribution in [2.45, 2.75) is 19.0 Å². The van der Waals surface area contributed by atoms with Gasteiger partial charge in [0.05, 0.1) is 6.04 Å². The summed E-state index contributed by atoms with van der Waals surface area (Å²) in [6, 6.07) is 20.0. The fourth-order valence-electron chi connectivity index (χ4n) is 3.16. The molecule has 0 aromatic heterocycles. The summed E-state index contributed by atoms with van der Waals surface area (Å²) in [7, 11) is 0. The molecule has 2 aromatic rings. The Labute approximate surface area is 143 Å². The fourth-order valence-corrected chi connectivity index (χ4v) is 3.16. The molecule has 2 aromatic carbocycles. The van der Waals surface area contributed by atoms with Crippen LogP contribution in [0.4, 0.5) is 0 Å². The van der Waals surface area contributed by atoms with Gasteiger partial charge in [-0.1, -0.05) is 60.7 Å². The zero-order chi connectivity index (χ0) is 16.8. The largest absolute Gasteiger partial charge is 0.339 e. The number of nitrogens with zero attached hydrogens (tertiary/aromatic N) is 2. The van der Waals surface area contributed by atoms with E-state index in [-0.39, 0.29) is 5.91 Å². The lowest BCUT2D eigenvalue weighted by molar-refractivity contribution is -0.134. The normalized spacial score (nSPS) is 16.8. The third-order valence-electron chi connectivity index (χ3n) is 4.55. The number of carbonyl (C=O) groups is 1. The quantitative estimate of drug-likeness (QED) is 0.914. The molecular formula is C20H25N3O. The molecule has 1 amide bonds. The molecule has 126 valence electrons. The molecule has 0 spiro atoms. The first-order chi connectivity index (χ1) is 11.7. The van der Waals surface area contributed by atoms with Gasteiger partial charge in [-0.05, 0) is 17.5 Å². The molecule has 1 fully saturated rings. The first-order valence-electron chi connectivity index (χ1n) is 8.57. The van der Waals surface area contributed by atoms with E-state index in [1.807, 2.05) is 41.3 Å². The Balaban J connectivity index is 1.48. The predicted octanol–water partition coefficient (Wildman–Crippen LogP) is 1.90. The Morgan fingerprint density at radius 1 is 0.875 bits per heavy atom. The summed E-state index contributed by atoms with van der Waals surface area (Å²) in [6.45, 7) is 4.26. The third kappa shape index (κ3) is 4.43. The van der Waals surface area contributed by atoms with Gasteiger partial charge in [0.15, 0.2) is 0 Å². The zero-order valence-corrected chi connectivity index (χ0v) is 14.0. The molecule has 1 aliphatic rings. The highest BCUT2D eigenvalue weighted by atomic mass is 16.2. The Kier molecular flexibility index (Phi) is 5.62. The summed E-state index contributed by atoms with van der Waals surface area (Å²) in [5, 5.41) is 0. The van der Waals surface area contributed by atoms with Crippen LogP contribution < -0.4 is 5.73 Å². The van der Waals surface area contributed by atoms with Crippen LogP contribution in [0, 0.1) is 0 Å². The van der Waals surface area contributed by atoms with Gasteiger partial charge in [-0.15, -0.1) is 0 Å². The molecular weight excluding hydrogens is 298 g/mol. The van der Waals surface area contributed by atoms with E-state index in [4.69, 9.17) is 5.73 Å². The van der Waals surface area contributed by atoms with E-state index in [1.165, 1.54) is 5.56 Å². The van der Waals surface area contributed by atoms with Gasteiger partial charge in [0.25, 0.3) is 0 Å². The van der Waals surface area contributed by atoms with Crippen LogP contribution in [-0.4, -0.2) is 47.9 Å². The van der Waals surface area contributed by atoms with Crippen LogP contribution in [0.2, 0.25) is 0 Å². The maximum Gasteiger partial charge on any atom is 0.239 e. The van der Waals surface area contributed by atoms with Gasteiger partial charge in [-0.2, -0.15) is 0 Å². The van der Waals surface area contributed by atoms with Crippen LogP contribution in [0.3, 0.4) is 0 Å². The van der Waals surface area contributed by atoms with E-state index < -0.39 is 6.04 Å². The summed E-state index contributed by atoms with van der Waals surface area (Å²) in [5.41, 5.74) is 8.56. The van der Waals surface area contributed by atoms with E-state index in [0.717, 1.165) is 38.3 Å². The van der Waals surface area contributed by atoms with Gasteiger partial charge in [0, 0.05) is 32.7 Å². The standard InChI is InChI=1S/C20H25N3O/c21-19(15-17-7-3-1-4-8-17)20(24)23-13-11-22(12-14-23)16-18-9-5-2-6-10-18/h1-10,19H,11-16,21H2/t19-/m1/s1. The highest BCUT2D eigenvalue weighted by Crippen LogP contribution is 2.10. The number of amides is 1. The Hall–Kier alpha value is -2.17. The highest BCUT2D eigenvalue weighted by Gasteiger charge is 2.25. The molecule has 3 rings (SSSR count). The second-order valence-electron chi connectivity index (χ2n) is 6.38. The maximum atomic E-state index is 12.5. The number of nitrogens with two attached hydrogens (primary N) is 1. The predicted molar refractivity (Wildman–Crippen MR) is 96.4 cm³/mol. The molecule has 0 radical (unpaired) electrons. The monoisotopic (exact) mass is 323 g/mol. The first-order valence-corrected chi connectivity index (χ1v) is 8.57. The molecule has 2 N–H and O–H groups in total. The molecule has 1 heterocycles. The molecule has 1 saturated heterocycles. The van der Waals surface area contributed by atoms with Crippen LogP contribution in [0.5, 0.6) is 0 Å². The minimum absolute atomic E-state index is 0.0678. The molecule has 4 heteroatoms. The summed E-state index contributed by atoms with van der Waals surface area (Å²) < 4.78 is 0. The number of benzene rings is 2. The van der Waals surface area contributed by atoms with Gasteiger partial charge in [-0.25, -0.2) is 0 Å². The minimum Gasteiger partial charge on any atom is -0.339 e. The molecule has 4 nitrogen and oxygen atoms in total. The zero-order valence-electron chi connectivity index (χ0n) is 14.0. The molecule has 0 saturated carbocycles. The molecule has 1 atom stereocenters. The second kappa shape index (κ2) is 8.08. The summed E-state index contributed by atoms with van der Waals surface area (Å²) >= 11 is 0. The average molecular weight is 323 g/mol. The van der Waals surface area contributed by atoms with Crippen molar-refractivity contribution in [3.63, 3.8) is 0 Å². The lowest BCUT2D eigenvalue weighted by atomic mass is 10.1. The van der Waals surface area contributed by atoms with E-state index in [1.54, 1.807) is 0 Å². The van der Waals surface area contributed by atoms with E-state index >= 15 is 0 Å². The van der Waals surface area contributed by atoms with Crippen molar-refractivity contribution in [1.29, 1.82) is 0 Å². The van der Waals surface area contributed by atoms with Gasteiger partial charge in [0.2, 0.25) is 5.91 Å². The van der Waals surface area contributed by atoms with Crippen LogP contribution in [0.1, 0.15) is 11.1 Å². The lowest BCUT2D eigenvalue weighted by Crippen LogP contribution is -2.53. The van der Waals surface area contributed by atoms with Crippen molar-refractivity contribution in [3.8, 4) is 0 Å². The summed E-state index contributed by atoms with van der Waals surface area (Å²) in [4.78, 5) is 16.9. The van der Waals surface area contributed by atoms with Crippen molar-refractivity contribution in [2.75, 3.05) is 26.2 Å². The number of carbonyl (C=O) groups excluding carboxylic acids is 1. The minimum atomic E-state index is -0.451. The molecule has 0 unspecified atom stereocenters. The van der Waals surface area contributed by atoms with Crippen molar-refractivity contribution in [1.82, 2.24) is 9.80 Å². The second-order valence-corrected chi connectivity index (χ2v) is 6.38. The molecule has 1 aliphatic heterocycles. The van der Waals surface area contributed by atoms with E-state index in [0.29, 0.717) is 6.42 Å². The number of hydrogen-bond donors (Lipinski definition) is 1. The Morgan fingerprint density at radius 2 is 1.42 bits per heavy atom. The van der Waals surface area contributed by atoms with Crippen molar-refractivity contribution >= 4 is 5.91 Å². The molecule has 24 heavy (non-hydrogen) atoms. The van der Waals surface area contributed by atoms with E-state index in [2.05, 4.69) is 29.2 Å². The fraction of sp³-hybridized carbons (Fsp3) is 0.350. The lowest BCUT2D eigenvalue weighted by Gasteiger charge is -2.36. The average Bonchev–Trinajstić information content (AvgIpc) is 2.63. The molecule has 0 bridgehead atoms. The van der Waals surface area contributed by atoms with Gasteiger partial charge in [0.1, 0.15) is 0 Å². The van der Waals surface area contributed by atoms with Crippen LogP contribution in [0.25, 0.3) is 0 Å². The van der Waals surface area contributed by atoms with E-state index in [9.17, 15) is 4.79 Å². The van der Waals surface area contributed by atoms with Crippen molar-refractivity contribution in [2.24, 2.45) is 5.73 Å². The topological polar surface area (TPSA) is 49.6 Å². The molecule has 0 aliphatic carbocycles. The number of rotatable bonds is 5. The summed E-state index contributed by atoms with van der Waals surface area (Å²) in [6.07, 6.45) is 0.601. The van der Waals surface area contributed by atoms with Gasteiger partial charge < -0.3 is 10.6 Å². The van der Waals surface area contributed by atoms with Crippen LogP contribution in [-0.2, 0) is 17.8 Å². The summed E-state index contributed by atoms with van der Waals surface area (Å²) in [5.74, 6) is 0.0678. The number of hydrogen-bond acceptors (Lipinski definition) is 3. The van der Waals surface area contributed by atoms with Crippen molar-refractivity contribution in [3.05, 3.63) is 71.8 Å². The van der Waals surface area contributed by atoms with Crippen LogP contribution >= 0.6 is 0 Å². The third-order valence-corrected chi connectivity index (χ3v) is 4.55. The first kappa shape index (κ1) is 16.7. The van der Waals surface area contributed by atoms with Crippen molar-refractivity contribution < 1.29 is 4.79 Å². The highest BCUT2D eigenvalue weighted by molar-refractivity contribution is 5.82. The van der Waals surface area contributed by atoms with Gasteiger partial charge >= 0.3 is 0 Å².